The lowest BCUT2D eigenvalue weighted by Crippen LogP contribution is -2.49. The summed E-state index contributed by atoms with van der Waals surface area (Å²) >= 11 is 0. The summed E-state index contributed by atoms with van der Waals surface area (Å²) in [6.45, 7) is 2.48. The molecule has 0 aliphatic carbocycles. The van der Waals surface area contributed by atoms with E-state index >= 15 is 0 Å². The minimum absolute atomic E-state index is 0.0411. The Labute approximate surface area is 180 Å². The molecule has 6 nitrogen and oxygen atoms in total. The third kappa shape index (κ3) is 5.12. The molecule has 1 saturated heterocycles. The van der Waals surface area contributed by atoms with Gasteiger partial charge in [0, 0.05) is 50.1 Å². The van der Waals surface area contributed by atoms with E-state index in [0.29, 0.717) is 31.7 Å². The average Bonchev–Trinajstić information content (AvgIpc) is 2.83. The van der Waals surface area contributed by atoms with Crippen LogP contribution < -0.4 is 4.90 Å². The zero-order valence-electron chi connectivity index (χ0n) is 17.1. The molecule has 0 radical (unpaired) electrons. The Morgan fingerprint density at radius 2 is 1.52 bits per heavy atom. The van der Waals surface area contributed by atoms with Gasteiger partial charge in [-0.2, -0.15) is 0 Å². The number of aromatic nitrogens is 2. The molecule has 7 heteroatoms. The minimum atomic E-state index is -0.384. The number of hydrogen-bond acceptors (Lipinski definition) is 5. The van der Waals surface area contributed by atoms with Gasteiger partial charge in [-0.1, -0.05) is 30.3 Å². The van der Waals surface area contributed by atoms with Gasteiger partial charge in [0.2, 0.25) is 5.91 Å². The number of benzene rings is 2. The van der Waals surface area contributed by atoms with Crippen molar-refractivity contribution in [3.8, 4) is 11.3 Å². The second-order valence-corrected chi connectivity index (χ2v) is 7.44. The largest absolute Gasteiger partial charge is 0.352 e. The van der Waals surface area contributed by atoms with Crippen LogP contribution in [0.15, 0.2) is 66.7 Å². The average molecular weight is 418 g/mol. The van der Waals surface area contributed by atoms with Gasteiger partial charge >= 0.3 is 0 Å². The van der Waals surface area contributed by atoms with Crippen molar-refractivity contribution in [3.05, 3.63) is 78.1 Å². The first-order valence-electron chi connectivity index (χ1n) is 10.3. The highest BCUT2D eigenvalue weighted by Crippen LogP contribution is 2.19. The molecule has 1 aliphatic heterocycles. The van der Waals surface area contributed by atoms with Crippen molar-refractivity contribution in [3.63, 3.8) is 0 Å². The SMILES string of the molecule is O=C(CCC(=O)N1CCN(c2ccc(-c3ccccc3)nn2)CC1)c1ccc(F)cc1. The molecule has 4 rings (SSSR count). The zero-order chi connectivity index (χ0) is 21.6. The van der Waals surface area contributed by atoms with Crippen molar-refractivity contribution in [2.45, 2.75) is 12.8 Å². The molecule has 1 amide bonds. The number of carbonyl (C=O) groups excluding carboxylic acids is 2. The number of amides is 1. The number of piperazine rings is 1. The molecule has 1 aliphatic rings. The highest BCUT2D eigenvalue weighted by molar-refractivity contribution is 5.97. The van der Waals surface area contributed by atoms with E-state index in [2.05, 4.69) is 15.1 Å². The molecule has 0 bridgehead atoms. The van der Waals surface area contributed by atoms with Crippen LogP contribution in [0.4, 0.5) is 10.2 Å². The smallest absolute Gasteiger partial charge is 0.223 e. The maximum atomic E-state index is 13.0. The van der Waals surface area contributed by atoms with Crippen LogP contribution in [0.3, 0.4) is 0 Å². The zero-order valence-corrected chi connectivity index (χ0v) is 17.1. The first-order chi connectivity index (χ1) is 15.1. The maximum Gasteiger partial charge on any atom is 0.223 e. The summed E-state index contributed by atoms with van der Waals surface area (Å²) in [5, 5.41) is 8.68. The molecule has 2 heterocycles. The van der Waals surface area contributed by atoms with Crippen LogP contribution in [0.2, 0.25) is 0 Å². The van der Waals surface area contributed by atoms with Crippen LogP contribution in [0.25, 0.3) is 11.3 Å². The van der Waals surface area contributed by atoms with E-state index in [9.17, 15) is 14.0 Å². The third-order valence-electron chi connectivity index (χ3n) is 5.41. The first kappa shape index (κ1) is 20.7. The number of nitrogens with zero attached hydrogens (tertiary/aromatic N) is 4. The molecule has 1 aromatic heterocycles. The summed E-state index contributed by atoms with van der Waals surface area (Å²) in [4.78, 5) is 28.6. The van der Waals surface area contributed by atoms with Crippen molar-refractivity contribution in [1.29, 1.82) is 0 Å². The van der Waals surface area contributed by atoms with Gasteiger partial charge in [-0.15, -0.1) is 10.2 Å². The lowest BCUT2D eigenvalue weighted by atomic mass is 10.1. The summed E-state index contributed by atoms with van der Waals surface area (Å²) in [6.07, 6.45) is 0.277. The standard InChI is InChI=1S/C24H23FN4O2/c25-20-8-6-19(7-9-20)22(30)11-13-24(31)29-16-14-28(15-17-29)23-12-10-21(26-27-23)18-4-2-1-3-5-18/h1-10,12H,11,13-17H2. The van der Waals surface area contributed by atoms with Crippen molar-refractivity contribution in [2.75, 3.05) is 31.1 Å². The van der Waals surface area contributed by atoms with Crippen molar-refractivity contribution in [2.24, 2.45) is 0 Å². The van der Waals surface area contributed by atoms with Crippen LogP contribution >= 0.6 is 0 Å². The van der Waals surface area contributed by atoms with Crippen molar-refractivity contribution in [1.82, 2.24) is 15.1 Å². The normalized spacial score (nSPS) is 13.8. The molecule has 0 N–H and O–H groups in total. The molecule has 0 unspecified atom stereocenters. The van der Waals surface area contributed by atoms with Crippen molar-refractivity contribution >= 4 is 17.5 Å². The number of halogens is 1. The van der Waals surface area contributed by atoms with Gasteiger partial charge in [0.05, 0.1) is 5.69 Å². The first-order valence-corrected chi connectivity index (χ1v) is 10.3. The van der Waals surface area contributed by atoms with Gasteiger partial charge in [0.15, 0.2) is 11.6 Å². The molecule has 31 heavy (non-hydrogen) atoms. The fraction of sp³-hybridized carbons (Fsp3) is 0.250. The van der Waals surface area contributed by atoms with E-state index in [4.69, 9.17) is 0 Å². The molecule has 158 valence electrons. The number of ketones is 1. The molecular weight excluding hydrogens is 395 g/mol. The predicted octanol–water partition coefficient (Wildman–Crippen LogP) is 3.59. The van der Waals surface area contributed by atoms with E-state index in [1.54, 1.807) is 4.90 Å². The Morgan fingerprint density at radius 3 is 2.16 bits per heavy atom. The van der Waals surface area contributed by atoms with E-state index in [1.807, 2.05) is 42.5 Å². The van der Waals surface area contributed by atoms with Crippen molar-refractivity contribution < 1.29 is 14.0 Å². The molecule has 0 saturated carbocycles. The van der Waals surface area contributed by atoms with Gasteiger partial charge in [-0.3, -0.25) is 9.59 Å². The van der Waals surface area contributed by atoms with E-state index in [1.165, 1.54) is 24.3 Å². The number of hydrogen-bond donors (Lipinski definition) is 0. The van der Waals surface area contributed by atoms with Crippen LogP contribution in [-0.4, -0.2) is 53.0 Å². The van der Waals surface area contributed by atoms with Gasteiger partial charge in [-0.25, -0.2) is 4.39 Å². The second kappa shape index (κ2) is 9.47. The number of anilines is 1. The number of Topliss-reactive ketones (excluding diaryl/α,β-unsaturated/α-hetero) is 1. The Kier molecular flexibility index (Phi) is 6.31. The molecule has 0 spiro atoms. The number of rotatable bonds is 6. The molecule has 0 atom stereocenters. The lowest BCUT2D eigenvalue weighted by Gasteiger charge is -2.35. The topological polar surface area (TPSA) is 66.4 Å². The lowest BCUT2D eigenvalue weighted by molar-refractivity contribution is -0.131. The van der Waals surface area contributed by atoms with Gasteiger partial charge in [0.1, 0.15) is 5.82 Å². The molecule has 2 aromatic carbocycles. The molecule has 1 fully saturated rings. The van der Waals surface area contributed by atoms with Gasteiger partial charge < -0.3 is 9.80 Å². The maximum absolute atomic E-state index is 13.0. The monoisotopic (exact) mass is 418 g/mol. The Balaban J connectivity index is 1.26. The van der Waals surface area contributed by atoms with E-state index < -0.39 is 0 Å². The fourth-order valence-electron chi connectivity index (χ4n) is 3.60. The number of carbonyl (C=O) groups is 2. The van der Waals surface area contributed by atoms with Crippen LogP contribution in [0.1, 0.15) is 23.2 Å². The van der Waals surface area contributed by atoms with Crippen LogP contribution in [0, 0.1) is 5.82 Å². The summed E-state index contributed by atoms with van der Waals surface area (Å²) in [5.74, 6) is 0.213. The third-order valence-corrected chi connectivity index (χ3v) is 5.41. The summed E-state index contributed by atoms with van der Waals surface area (Å²) in [5.41, 5.74) is 2.27. The highest BCUT2D eigenvalue weighted by Gasteiger charge is 2.22. The molecular formula is C24H23FN4O2. The molecule has 3 aromatic rings. The van der Waals surface area contributed by atoms with Crippen LogP contribution in [0.5, 0.6) is 0 Å². The van der Waals surface area contributed by atoms with E-state index in [0.717, 1.165) is 17.1 Å². The fourth-order valence-corrected chi connectivity index (χ4v) is 3.60. The van der Waals surface area contributed by atoms with E-state index in [-0.39, 0.29) is 30.3 Å². The summed E-state index contributed by atoms with van der Waals surface area (Å²) in [6, 6.07) is 19.2. The van der Waals surface area contributed by atoms with Crippen LogP contribution in [-0.2, 0) is 4.79 Å². The summed E-state index contributed by atoms with van der Waals surface area (Å²) in [7, 11) is 0. The predicted molar refractivity (Wildman–Crippen MR) is 116 cm³/mol. The minimum Gasteiger partial charge on any atom is -0.352 e. The van der Waals surface area contributed by atoms with Gasteiger partial charge in [-0.05, 0) is 36.4 Å². The summed E-state index contributed by atoms with van der Waals surface area (Å²) < 4.78 is 13.0. The Morgan fingerprint density at radius 1 is 0.806 bits per heavy atom. The Bertz CT molecular complexity index is 1030. The second-order valence-electron chi connectivity index (χ2n) is 7.44. The highest BCUT2D eigenvalue weighted by atomic mass is 19.1. The Hall–Kier alpha value is -3.61. The quantitative estimate of drug-likeness (QED) is 0.573. The van der Waals surface area contributed by atoms with Gasteiger partial charge in [0.25, 0.3) is 0 Å².